The first-order valence-corrected chi connectivity index (χ1v) is 7.17. The standard InChI is InChI=1S/C8H6O4.C8H18O/c9-7(10)5-3-1-2-4-6(5)8(11)12;1-3-5-6-7-8(9)4-2/h1-4H,(H,9,10)(H,11,12);8-9H,3-7H2,1-2H3. The summed E-state index contributed by atoms with van der Waals surface area (Å²) >= 11 is 0. The predicted molar refractivity (Wildman–Crippen MR) is 80.8 cm³/mol. The molecule has 3 N–H and O–H groups in total. The van der Waals surface area contributed by atoms with Crippen LogP contribution in [-0.4, -0.2) is 33.4 Å². The molecule has 1 atom stereocenters. The van der Waals surface area contributed by atoms with Crippen molar-refractivity contribution in [1.82, 2.24) is 0 Å². The van der Waals surface area contributed by atoms with Crippen molar-refractivity contribution in [2.75, 3.05) is 0 Å². The molecule has 118 valence electrons. The van der Waals surface area contributed by atoms with Gasteiger partial charge in [-0.25, -0.2) is 9.59 Å². The van der Waals surface area contributed by atoms with E-state index in [1.807, 2.05) is 6.92 Å². The van der Waals surface area contributed by atoms with Gasteiger partial charge >= 0.3 is 11.9 Å². The number of carboxylic acid groups (broad SMARTS) is 2. The summed E-state index contributed by atoms with van der Waals surface area (Å²) in [7, 11) is 0. The summed E-state index contributed by atoms with van der Waals surface area (Å²) in [5, 5.41) is 26.2. The van der Waals surface area contributed by atoms with Gasteiger partial charge in [-0.3, -0.25) is 0 Å². The lowest BCUT2D eigenvalue weighted by Crippen LogP contribution is -2.06. The molecular formula is C16H24O5. The number of hydrogen-bond donors (Lipinski definition) is 3. The van der Waals surface area contributed by atoms with E-state index in [0.717, 1.165) is 12.8 Å². The highest BCUT2D eigenvalue weighted by Crippen LogP contribution is 2.08. The Kier molecular flexibility index (Phi) is 9.88. The summed E-state index contributed by atoms with van der Waals surface area (Å²) in [6, 6.07) is 5.48. The SMILES string of the molecule is CCCCCC(O)CC.O=C(O)c1ccccc1C(=O)O. The lowest BCUT2D eigenvalue weighted by atomic mass is 10.1. The van der Waals surface area contributed by atoms with Gasteiger partial charge in [-0.1, -0.05) is 45.2 Å². The maximum atomic E-state index is 10.5. The van der Waals surface area contributed by atoms with E-state index in [2.05, 4.69) is 6.92 Å². The van der Waals surface area contributed by atoms with Crippen molar-refractivity contribution in [3.8, 4) is 0 Å². The number of aliphatic hydroxyl groups excluding tert-OH is 1. The van der Waals surface area contributed by atoms with E-state index in [9.17, 15) is 9.59 Å². The molecule has 0 spiro atoms. The summed E-state index contributed by atoms with van der Waals surface area (Å²) in [5.74, 6) is -2.46. The molecule has 1 unspecified atom stereocenters. The van der Waals surface area contributed by atoms with Crippen LogP contribution in [0.25, 0.3) is 0 Å². The molecule has 0 aromatic heterocycles. The van der Waals surface area contributed by atoms with Crippen LogP contribution in [0.2, 0.25) is 0 Å². The first kappa shape index (κ1) is 19.1. The molecule has 5 nitrogen and oxygen atoms in total. The van der Waals surface area contributed by atoms with Gasteiger partial charge in [0, 0.05) is 0 Å². The van der Waals surface area contributed by atoms with Gasteiger partial charge in [0.05, 0.1) is 17.2 Å². The maximum Gasteiger partial charge on any atom is 0.336 e. The molecule has 1 rings (SSSR count). The highest BCUT2D eigenvalue weighted by atomic mass is 16.4. The van der Waals surface area contributed by atoms with Crippen molar-refractivity contribution in [3.63, 3.8) is 0 Å². The smallest absolute Gasteiger partial charge is 0.336 e. The number of aromatic carboxylic acids is 2. The number of aliphatic hydroxyl groups is 1. The van der Waals surface area contributed by atoms with Gasteiger partial charge in [0.15, 0.2) is 0 Å². The molecule has 0 bridgehead atoms. The van der Waals surface area contributed by atoms with Crippen molar-refractivity contribution in [1.29, 1.82) is 0 Å². The fourth-order valence-corrected chi connectivity index (χ4v) is 1.69. The second kappa shape index (κ2) is 10.9. The van der Waals surface area contributed by atoms with Crippen LogP contribution in [0.15, 0.2) is 24.3 Å². The molecule has 21 heavy (non-hydrogen) atoms. The van der Waals surface area contributed by atoms with E-state index in [1.54, 1.807) is 0 Å². The zero-order valence-corrected chi connectivity index (χ0v) is 12.6. The van der Waals surface area contributed by atoms with Gasteiger partial charge in [-0.15, -0.1) is 0 Å². The molecule has 1 aromatic carbocycles. The lowest BCUT2D eigenvalue weighted by Gasteiger charge is -2.04. The summed E-state index contributed by atoms with van der Waals surface area (Å²) in [6.07, 6.45) is 5.55. The van der Waals surface area contributed by atoms with Crippen LogP contribution in [0, 0.1) is 0 Å². The van der Waals surface area contributed by atoms with E-state index in [0.29, 0.717) is 0 Å². The van der Waals surface area contributed by atoms with Crippen molar-refractivity contribution >= 4 is 11.9 Å². The first-order valence-electron chi connectivity index (χ1n) is 7.17. The average Bonchev–Trinajstić information content (AvgIpc) is 2.47. The van der Waals surface area contributed by atoms with Gasteiger partial charge in [-0.05, 0) is 25.0 Å². The quantitative estimate of drug-likeness (QED) is 0.670. The zero-order valence-electron chi connectivity index (χ0n) is 12.6. The molecule has 1 aromatic rings. The van der Waals surface area contributed by atoms with Crippen LogP contribution < -0.4 is 0 Å². The Balaban J connectivity index is 0.000000400. The third-order valence-electron chi connectivity index (χ3n) is 3.00. The summed E-state index contributed by atoms with van der Waals surface area (Å²) in [6.45, 7) is 4.20. The Morgan fingerprint density at radius 1 is 1.00 bits per heavy atom. The van der Waals surface area contributed by atoms with Gasteiger partial charge in [0.2, 0.25) is 0 Å². The summed E-state index contributed by atoms with van der Waals surface area (Å²) < 4.78 is 0. The second-order valence-corrected chi connectivity index (χ2v) is 4.71. The Bertz CT molecular complexity index is 409. The van der Waals surface area contributed by atoms with Crippen molar-refractivity contribution in [2.24, 2.45) is 0 Å². The minimum Gasteiger partial charge on any atom is -0.478 e. The number of carboxylic acids is 2. The molecular weight excluding hydrogens is 272 g/mol. The Morgan fingerprint density at radius 2 is 1.48 bits per heavy atom. The van der Waals surface area contributed by atoms with E-state index in [-0.39, 0.29) is 17.2 Å². The van der Waals surface area contributed by atoms with Gasteiger partial charge in [-0.2, -0.15) is 0 Å². The van der Waals surface area contributed by atoms with Gasteiger partial charge < -0.3 is 15.3 Å². The van der Waals surface area contributed by atoms with Crippen LogP contribution in [-0.2, 0) is 0 Å². The molecule has 0 radical (unpaired) electrons. The number of hydrogen-bond acceptors (Lipinski definition) is 3. The third kappa shape index (κ3) is 8.09. The Labute approximate surface area is 125 Å². The minimum absolute atomic E-state index is 0.0449. The molecule has 0 heterocycles. The molecule has 0 fully saturated rings. The largest absolute Gasteiger partial charge is 0.478 e. The number of unbranched alkanes of at least 4 members (excludes halogenated alkanes) is 2. The van der Waals surface area contributed by atoms with Crippen LogP contribution >= 0.6 is 0 Å². The third-order valence-corrected chi connectivity index (χ3v) is 3.00. The molecule has 0 saturated carbocycles. The molecule has 0 aliphatic heterocycles. The second-order valence-electron chi connectivity index (χ2n) is 4.71. The fourth-order valence-electron chi connectivity index (χ4n) is 1.69. The topological polar surface area (TPSA) is 94.8 Å². The van der Waals surface area contributed by atoms with Crippen LogP contribution in [0.5, 0.6) is 0 Å². The van der Waals surface area contributed by atoms with Crippen molar-refractivity contribution in [3.05, 3.63) is 35.4 Å². The molecule has 0 saturated heterocycles. The average molecular weight is 296 g/mol. The lowest BCUT2D eigenvalue weighted by molar-refractivity contribution is 0.0651. The first-order chi connectivity index (χ1) is 9.93. The monoisotopic (exact) mass is 296 g/mol. The zero-order chi connectivity index (χ0) is 16.3. The highest BCUT2D eigenvalue weighted by Gasteiger charge is 2.13. The van der Waals surface area contributed by atoms with E-state index >= 15 is 0 Å². The van der Waals surface area contributed by atoms with Crippen molar-refractivity contribution < 1.29 is 24.9 Å². The normalized spacial score (nSPS) is 11.2. The fraction of sp³-hybridized carbons (Fsp3) is 0.500. The van der Waals surface area contributed by atoms with Gasteiger partial charge in [0.25, 0.3) is 0 Å². The Morgan fingerprint density at radius 3 is 1.81 bits per heavy atom. The number of benzene rings is 1. The molecule has 0 amide bonds. The molecule has 0 aliphatic carbocycles. The predicted octanol–water partition coefficient (Wildman–Crippen LogP) is 3.42. The number of carbonyl (C=O) groups is 2. The Hall–Kier alpha value is -1.88. The number of rotatable bonds is 7. The minimum atomic E-state index is -1.23. The summed E-state index contributed by atoms with van der Waals surface area (Å²) in [5.41, 5.74) is -0.380. The molecule has 0 aliphatic rings. The van der Waals surface area contributed by atoms with Crippen LogP contribution in [0.1, 0.15) is 66.7 Å². The van der Waals surface area contributed by atoms with E-state index < -0.39 is 11.9 Å². The highest BCUT2D eigenvalue weighted by molar-refractivity contribution is 6.01. The van der Waals surface area contributed by atoms with E-state index in [4.69, 9.17) is 15.3 Å². The van der Waals surface area contributed by atoms with Crippen LogP contribution in [0.4, 0.5) is 0 Å². The summed E-state index contributed by atoms with van der Waals surface area (Å²) in [4.78, 5) is 20.9. The van der Waals surface area contributed by atoms with Crippen molar-refractivity contribution in [2.45, 2.75) is 52.1 Å². The van der Waals surface area contributed by atoms with Crippen LogP contribution in [0.3, 0.4) is 0 Å². The molecule has 5 heteroatoms. The van der Waals surface area contributed by atoms with Gasteiger partial charge in [0.1, 0.15) is 0 Å². The van der Waals surface area contributed by atoms with E-state index in [1.165, 1.54) is 43.5 Å². The maximum absolute atomic E-state index is 10.5.